The maximum atomic E-state index is 12.7. The van der Waals surface area contributed by atoms with E-state index in [0.717, 1.165) is 40.0 Å². The van der Waals surface area contributed by atoms with E-state index in [0.29, 0.717) is 17.2 Å². The third-order valence-electron chi connectivity index (χ3n) is 5.47. The average Bonchev–Trinajstić information content (AvgIpc) is 2.99. The van der Waals surface area contributed by atoms with Gasteiger partial charge in [-0.05, 0) is 45.2 Å². The highest BCUT2D eigenvalue weighted by atomic mass is 16.5. The highest BCUT2D eigenvalue weighted by molar-refractivity contribution is 5.98. The minimum absolute atomic E-state index is 0.100. The van der Waals surface area contributed by atoms with Gasteiger partial charge in [-0.2, -0.15) is 5.10 Å². The first-order valence-electron chi connectivity index (χ1n) is 11.0. The van der Waals surface area contributed by atoms with Crippen LogP contribution in [0.2, 0.25) is 0 Å². The van der Waals surface area contributed by atoms with Crippen molar-refractivity contribution in [3.63, 3.8) is 0 Å². The van der Waals surface area contributed by atoms with Gasteiger partial charge in [0.15, 0.2) is 0 Å². The number of carbonyl (C=O) groups excluding carboxylic acids is 2. The topological polar surface area (TPSA) is 83.3 Å². The molecule has 7 heteroatoms. The lowest BCUT2D eigenvalue weighted by atomic mass is 10.0. The summed E-state index contributed by atoms with van der Waals surface area (Å²) in [7, 11) is 0. The van der Waals surface area contributed by atoms with Gasteiger partial charge in [0.1, 0.15) is 6.61 Å². The molecule has 0 atom stereocenters. The van der Waals surface area contributed by atoms with Gasteiger partial charge in [0.25, 0.3) is 0 Å². The van der Waals surface area contributed by atoms with E-state index in [9.17, 15) is 9.59 Å². The molecule has 2 heterocycles. The fourth-order valence-electron chi connectivity index (χ4n) is 3.88. The van der Waals surface area contributed by atoms with Gasteiger partial charge < -0.3 is 9.47 Å². The molecule has 170 valence electrons. The SMILES string of the molecule is CCOC(=O)c1c(COC(=O)Cc2c(C)nn(CC(C)C)c2C)nc2ccccc2c1C. The number of para-hydroxylation sites is 1. The largest absolute Gasteiger partial charge is 0.462 e. The zero-order valence-electron chi connectivity index (χ0n) is 19.7. The number of carbonyl (C=O) groups is 2. The van der Waals surface area contributed by atoms with Crippen molar-refractivity contribution < 1.29 is 19.1 Å². The Kier molecular flexibility index (Phi) is 7.28. The number of fused-ring (bicyclic) bond motifs is 1. The van der Waals surface area contributed by atoms with Gasteiger partial charge in [0.2, 0.25) is 0 Å². The lowest BCUT2D eigenvalue weighted by molar-refractivity contribution is -0.144. The first-order chi connectivity index (χ1) is 15.2. The molecule has 32 heavy (non-hydrogen) atoms. The van der Waals surface area contributed by atoms with Gasteiger partial charge in [0, 0.05) is 23.2 Å². The van der Waals surface area contributed by atoms with E-state index in [1.54, 1.807) is 6.92 Å². The molecule has 2 aromatic heterocycles. The standard InChI is InChI=1S/C25H31N3O4/c1-7-31-25(30)24-16(4)19-10-8-9-11-21(19)26-22(24)14-32-23(29)12-20-17(5)27-28(18(20)6)13-15(2)3/h8-11,15H,7,12-14H2,1-6H3. The quantitative estimate of drug-likeness (QED) is 0.483. The van der Waals surface area contributed by atoms with Crippen molar-refractivity contribution in [2.75, 3.05) is 6.61 Å². The third-order valence-corrected chi connectivity index (χ3v) is 5.47. The number of benzene rings is 1. The fourth-order valence-corrected chi connectivity index (χ4v) is 3.88. The Morgan fingerprint density at radius 1 is 1.09 bits per heavy atom. The van der Waals surface area contributed by atoms with Gasteiger partial charge in [0.05, 0.1) is 35.5 Å². The Labute approximate surface area is 188 Å². The molecule has 3 aromatic rings. The lowest BCUT2D eigenvalue weighted by Crippen LogP contribution is -2.16. The smallest absolute Gasteiger partial charge is 0.340 e. The number of esters is 2. The number of aromatic nitrogens is 3. The Balaban J connectivity index is 1.83. The van der Waals surface area contributed by atoms with Gasteiger partial charge in [-0.3, -0.25) is 9.48 Å². The molecule has 0 aliphatic heterocycles. The van der Waals surface area contributed by atoms with Crippen LogP contribution >= 0.6 is 0 Å². The molecule has 0 spiro atoms. The molecule has 0 unspecified atom stereocenters. The van der Waals surface area contributed by atoms with Crippen molar-refractivity contribution in [3.05, 3.63) is 58.0 Å². The summed E-state index contributed by atoms with van der Waals surface area (Å²) in [5.74, 6) is -0.394. The summed E-state index contributed by atoms with van der Waals surface area (Å²) in [4.78, 5) is 29.9. The summed E-state index contributed by atoms with van der Waals surface area (Å²) in [5.41, 5.74) is 4.94. The fraction of sp³-hybridized carbons (Fsp3) is 0.440. The molecule has 7 nitrogen and oxygen atoms in total. The second kappa shape index (κ2) is 9.94. The van der Waals surface area contributed by atoms with E-state index in [1.807, 2.05) is 49.7 Å². The molecule has 1 aromatic carbocycles. The van der Waals surface area contributed by atoms with Crippen molar-refractivity contribution in [1.29, 1.82) is 0 Å². The van der Waals surface area contributed by atoms with Gasteiger partial charge in [-0.25, -0.2) is 9.78 Å². The van der Waals surface area contributed by atoms with E-state index in [1.165, 1.54) is 0 Å². The molecule has 0 saturated heterocycles. The Hall–Kier alpha value is -3.22. The summed E-state index contributed by atoms with van der Waals surface area (Å²) in [6.45, 7) is 12.7. The van der Waals surface area contributed by atoms with Crippen LogP contribution in [0, 0.1) is 26.7 Å². The first kappa shape index (κ1) is 23.4. The van der Waals surface area contributed by atoms with E-state index in [2.05, 4.69) is 23.9 Å². The molecular formula is C25H31N3O4. The van der Waals surface area contributed by atoms with E-state index >= 15 is 0 Å². The summed E-state index contributed by atoms with van der Waals surface area (Å²) >= 11 is 0. The number of rotatable bonds is 8. The van der Waals surface area contributed by atoms with Crippen LogP contribution in [0.15, 0.2) is 24.3 Å². The second-order valence-corrected chi connectivity index (χ2v) is 8.36. The van der Waals surface area contributed by atoms with E-state index < -0.39 is 5.97 Å². The molecule has 0 fully saturated rings. The molecule has 0 bridgehead atoms. The first-order valence-corrected chi connectivity index (χ1v) is 11.0. The molecule has 0 radical (unpaired) electrons. The minimum atomic E-state index is -0.462. The second-order valence-electron chi connectivity index (χ2n) is 8.36. The van der Waals surface area contributed by atoms with Crippen molar-refractivity contribution in [1.82, 2.24) is 14.8 Å². The van der Waals surface area contributed by atoms with Crippen LogP contribution < -0.4 is 0 Å². The third kappa shape index (κ3) is 4.98. The summed E-state index contributed by atoms with van der Waals surface area (Å²) < 4.78 is 12.7. The van der Waals surface area contributed by atoms with Crippen LogP contribution in [0.1, 0.15) is 59.3 Å². The Bertz CT molecular complexity index is 1150. The van der Waals surface area contributed by atoms with Gasteiger partial charge in [-0.15, -0.1) is 0 Å². The van der Waals surface area contributed by atoms with Crippen LogP contribution in [-0.2, 0) is 33.8 Å². The number of hydrogen-bond acceptors (Lipinski definition) is 6. The number of aryl methyl sites for hydroxylation is 2. The van der Waals surface area contributed by atoms with Crippen LogP contribution in [-0.4, -0.2) is 33.3 Å². The average molecular weight is 438 g/mol. The van der Waals surface area contributed by atoms with Crippen molar-refractivity contribution in [2.45, 2.75) is 61.1 Å². The summed E-state index contributed by atoms with van der Waals surface area (Å²) in [5, 5.41) is 5.43. The molecule has 0 saturated carbocycles. The number of ether oxygens (including phenoxy) is 2. The molecular weight excluding hydrogens is 406 g/mol. The number of pyridine rings is 1. The van der Waals surface area contributed by atoms with Crippen LogP contribution in [0.25, 0.3) is 10.9 Å². The van der Waals surface area contributed by atoms with Crippen molar-refractivity contribution >= 4 is 22.8 Å². The highest BCUT2D eigenvalue weighted by Crippen LogP contribution is 2.24. The molecule has 0 aliphatic carbocycles. The minimum Gasteiger partial charge on any atom is -0.462 e. The van der Waals surface area contributed by atoms with Crippen LogP contribution in [0.5, 0.6) is 0 Å². The summed E-state index contributed by atoms with van der Waals surface area (Å²) in [6.07, 6.45) is 0.122. The maximum Gasteiger partial charge on any atom is 0.340 e. The highest BCUT2D eigenvalue weighted by Gasteiger charge is 2.22. The molecule has 0 amide bonds. The van der Waals surface area contributed by atoms with Crippen LogP contribution in [0.3, 0.4) is 0 Å². The number of hydrogen-bond donors (Lipinski definition) is 0. The van der Waals surface area contributed by atoms with Gasteiger partial charge >= 0.3 is 11.9 Å². The summed E-state index contributed by atoms with van der Waals surface area (Å²) in [6, 6.07) is 7.57. The monoisotopic (exact) mass is 437 g/mol. The maximum absolute atomic E-state index is 12.7. The van der Waals surface area contributed by atoms with Crippen molar-refractivity contribution in [3.8, 4) is 0 Å². The Morgan fingerprint density at radius 3 is 2.50 bits per heavy atom. The zero-order valence-corrected chi connectivity index (χ0v) is 19.7. The Morgan fingerprint density at radius 2 is 1.81 bits per heavy atom. The lowest BCUT2D eigenvalue weighted by Gasteiger charge is -2.14. The zero-order chi connectivity index (χ0) is 23.4. The molecule has 3 rings (SSSR count). The van der Waals surface area contributed by atoms with E-state index in [-0.39, 0.29) is 25.6 Å². The number of nitrogens with zero attached hydrogens (tertiary/aromatic N) is 3. The van der Waals surface area contributed by atoms with Crippen molar-refractivity contribution in [2.24, 2.45) is 5.92 Å². The predicted octanol–water partition coefficient (Wildman–Crippen LogP) is 4.48. The molecule has 0 N–H and O–H groups in total. The van der Waals surface area contributed by atoms with E-state index in [4.69, 9.17) is 9.47 Å². The normalized spacial score (nSPS) is 11.2. The van der Waals surface area contributed by atoms with Gasteiger partial charge in [-0.1, -0.05) is 32.0 Å². The predicted molar refractivity (Wildman–Crippen MR) is 122 cm³/mol. The van der Waals surface area contributed by atoms with Crippen LogP contribution in [0.4, 0.5) is 0 Å². The molecule has 0 aliphatic rings.